The van der Waals surface area contributed by atoms with Crippen molar-refractivity contribution in [3.05, 3.63) is 42.0 Å². The summed E-state index contributed by atoms with van der Waals surface area (Å²) in [6.07, 6.45) is 0. The molecule has 4 heteroatoms. The number of likely N-dealkylation sites (N-methyl/N-ethyl adjacent to an activating group) is 1. The fourth-order valence-corrected chi connectivity index (χ4v) is 2.26. The maximum Gasteiger partial charge on any atom is 0.242 e. The molecule has 0 spiro atoms. The summed E-state index contributed by atoms with van der Waals surface area (Å²) in [7, 11) is 3.20. The number of nitrogens with one attached hydrogen (secondary N) is 1. The van der Waals surface area contributed by atoms with Crippen molar-refractivity contribution in [3.8, 4) is 5.75 Å². The van der Waals surface area contributed by atoms with Crippen molar-refractivity contribution < 1.29 is 9.53 Å². The Morgan fingerprint density at radius 1 is 1.22 bits per heavy atom. The van der Waals surface area contributed by atoms with Crippen LogP contribution in [0.25, 0.3) is 10.8 Å². The Balaban J connectivity index is 2.63. The number of alkyl halides is 1. The number of benzene rings is 2. The molecule has 2 aromatic carbocycles. The summed E-state index contributed by atoms with van der Waals surface area (Å²) in [5.74, 6) is 0.558. The molecule has 0 aromatic heterocycles. The number of methoxy groups -OCH3 is 1. The molecular weight excluding hydrogens is 250 g/mol. The summed E-state index contributed by atoms with van der Waals surface area (Å²) in [6, 6.07) is 11.4. The van der Waals surface area contributed by atoms with E-state index in [9.17, 15) is 4.79 Å². The molecule has 0 saturated heterocycles. The van der Waals surface area contributed by atoms with Gasteiger partial charge in [-0.15, -0.1) is 11.6 Å². The van der Waals surface area contributed by atoms with E-state index in [1.54, 1.807) is 14.2 Å². The van der Waals surface area contributed by atoms with Crippen molar-refractivity contribution in [1.82, 2.24) is 5.32 Å². The molecule has 2 rings (SSSR count). The first-order valence-corrected chi connectivity index (χ1v) is 6.04. The van der Waals surface area contributed by atoms with Gasteiger partial charge in [0.25, 0.3) is 0 Å². The van der Waals surface area contributed by atoms with Gasteiger partial charge in [0.05, 0.1) is 7.11 Å². The normalized spacial score (nSPS) is 12.2. The summed E-state index contributed by atoms with van der Waals surface area (Å²) in [4.78, 5) is 11.6. The first-order valence-electron chi connectivity index (χ1n) is 5.60. The van der Waals surface area contributed by atoms with Crippen LogP contribution in [-0.4, -0.2) is 20.1 Å². The highest BCUT2D eigenvalue weighted by Crippen LogP contribution is 2.33. The Kier molecular flexibility index (Phi) is 3.72. The summed E-state index contributed by atoms with van der Waals surface area (Å²) < 4.78 is 5.31. The molecule has 94 valence electrons. The molecule has 0 heterocycles. The van der Waals surface area contributed by atoms with E-state index < -0.39 is 5.38 Å². The third-order valence-electron chi connectivity index (χ3n) is 2.89. The zero-order valence-corrected chi connectivity index (χ0v) is 11.0. The monoisotopic (exact) mass is 263 g/mol. The van der Waals surface area contributed by atoms with Gasteiger partial charge in [0.2, 0.25) is 5.91 Å². The largest absolute Gasteiger partial charge is 0.496 e. The second-order valence-corrected chi connectivity index (χ2v) is 4.32. The van der Waals surface area contributed by atoms with E-state index in [0.29, 0.717) is 0 Å². The maximum absolute atomic E-state index is 11.6. The zero-order valence-electron chi connectivity index (χ0n) is 10.2. The fraction of sp³-hybridized carbons (Fsp3) is 0.214. The maximum atomic E-state index is 11.6. The molecule has 3 nitrogen and oxygen atoms in total. The average molecular weight is 264 g/mol. The van der Waals surface area contributed by atoms with Gasteiger partial charge >= 0.3 is 0 Å². The van der Waals surface area contributed by atoms with Gasteiger partial charge in [-0.3, -0.25) is 4.79 Å². The van der Waals surface area contributed by atoms with Crippen molar-refractivity contribution in [2.45, 2.75) is 5.38 Å². The minimum absolute atomic E-state index is 0.216. The van der Waals surface area contributed by atoms with Crippen molar-refractivity contribution in [3.63, 3.8) is 0 Å². The van der Waals surface area contributed by atoms with Crippen LogP contribution in [0.2, 0.25) is 0 Å². The van der Waals surface area contributed by atoms with Gasteiger partial charge in [0.15, 0.2) is 0 Å². The lowest BCUT2D eigenvalue weighted by molar-refractivity contribution is -0.120. The van der Waals surface area contributed by atoms with Crippen molar-refractivity contribution in [2.24, 2.45) is 0 Å². The molecule has 1 atom stereocenters. The Labute approximate surface area is 111 Å². The second kappa shape index (κ2) is 5.27. The topological polar surface area (TPSA) is 38.3 Å². The quantitative estimate of drug-likeness (QED) is 0.865. The summed E-state index contributed by atoms with van der Waals surface area (Å²) in [5.41, 5.74) is 0.785. The van der Waals surface area contributed by atoms with Gasteiger partial charge in [-0.25, -0.2) is 0 Å². The lowest BCUT2D eigenvalue weighted by atomic mass is 10.0. The zero-order chi connectivity index (χ0) is 13.1. The van der Waals surface area contributed by atoms with E-state index in [2.05, 4.69) is 5.32 Å². The highest BCUT2D eigenvalue weighted by Gasteiger charge is 2.19. The average Bonchev–Trinajstić information content (AvgIpc) is 2.44. The smallest absolute Gasteiger partial charge is 0.242 e. The molecule has 0 aliphatic rings. The van der Waals surface area contributed by atoms with Crippen LogP contribution in [0.5, 0.6) is 5.75 Å². The standard InChI is InChI=1S/C14H14ClNO2/c1-16-14(17)13(15)11-7-8-12(18-2)10-6-4-3-5-9(10)11/h3-8,13H,1-2H3,(H,16,17). The van der Waals surface area contributed by atoms with Gasteiger partial charge in [-0.1, -0.05) is 30.3 Å². The second-order valence-electron chi connectivity index (χ2n) is 3.88. The highest BCUT2D eigenvalue weighted by atomic mass is 35.5. The molecule has 2 aromatic rings. The molecule has 1 unspecified atom stereocenters. The van der Waals surface area contributed by atoms with Gasteiger partial charge in [-0.2, -0.15) is 0 Å². The molecule has 0 aliphatic heterocycles. The Hall–Kier alpha value is -1.74. The Morgan fingerprint density at radius 3 is 2.50 bits per heavy atom. The van der Waals surface area contributed by atoms with E-state index in [4.69, 9.17) is 16.3 Å². The summed E-state index contributed by atoms with van der Waals surface area (Å²) in [5, 5.41) is 3.73. The number of carbonyl (C=O) groups is 1. The number of rotatable bonds is 3. The molecule has 0 saturated carbocycles. The number of hydrogen-bond donors (Lipinski definition) is 1. The third-order valence-corrected chi connectivity index (χ3v) is 3.32. The van der Waals surface area contributed by atoms with Crippen LogP contribution in [0.3, 0.4) is 0 Å². The van der Waals surface area contributed by atoms with Crippen LogP contribution in [0.15, 0.2) is 36.4 Å². The third kappa shape index (κ3) is 2.14. The Morgan fingerprint density at radius 2 is 1.89 bits per heavy atom. The molecule has 18 heavy (non-hydrogen) atoms. The Bertz CT molecular complexity index is 583. The number of fused-ring (bicyclic) bond motifs is 1. The number of amides is 1. The molecule has 0 fully saturated rings. The molecule has 1 N–H and O–H groups in total. The number of hydrogen-bond acceptors (Lipinski definition) is 2. The lowest BCUT2D eigenvalue weighted by Gasteiger charge is -2.13. The first kappa shape index (κ1) is 12.7. The SMILES string of the molecule is CNC(=O)C(Cl)c1ccc(OC)c2ccccc12. The fourth-order valence-electron chi connectivity index (χ4n) is 1.96. The minimum atomic E-state index is -0.703. The highest BCUT2D eigenvalue weighted by molar-refractivity contribution is 6.31. The van der Waals surface area contributed by atoms with Crippen LogP contribution in [0.1, 0.15) is 10.9 Å². The predicted octanol–water partition coefficient (Wildman–Crippen LogP) is 2.87. The van der Waals surface area contributed by atoms with Crippen LogP contribution in [0.4, 0.5) is 0 Å². The van der Waals surface area contributed by atoms with Gasteiger partial charge in [0, 0.05) is 12.4 Å². The molecular formula is C14H14ClNO2. The molecule has 0 bridgehead atoms. The summed E-state index contributed by atoms with van der Waals surface area (Å²) >= 11 is 6.18. The van der Waals surface area contributed by atoms with Gasteiger partial charge in [-0.05, 0) is 17.0 Å². The van der Waals surface area contributed by atoms with E-state index >= 15 is 0 Å². The van der Waals surface area contributed by atoms with Crippen molar-refractivity contribution in [2.75, 3.05) is 14.2 Å². The van der Waals surface area contributed by atoms with Crippen LogP contribution >= 0.6 is 11.6 Å². The first-order chi connectivity index (χ1) is 8.69. The minimum Gasteiger partial charge on any atom is -0.496 e. The summed E-state index contributed by atoms with van der Waals surface area (Å²) in [6.45, 7) is 0. The van der Waals surface area contributed by atoms with E-state index in [1.807, 2.05) is 36.4 Å². The van der Waals surface area contributed by atoms with Crippen LogP contribution < -0.4 is 10.1 Å². The van der Waals surface area contributed by atoms with E-state index in [1.165, 1.54) is 0 Å². The number of halogens is 1. The molecule has 0 radical (unpaired) electrons. The predicted molar refractivity (Wildman–Crippen MR) is 73.2 cm³/mol. The van der Waals surface area contributed by atoms with Gasteiger partial charge < -0.3 is 10.1 Å². The number of carbonyl (C=O) groups excluding carboxylic acids is 1. The van der Waals surface area contributed by atoms with E-state index in [0.717, 1.165) is 22.1 Å². The van der Waals surface area contributed by atoms with Gasteiger partial charge in [0.1, 0.15) is 11.1 Å². The molecule has 0 aliphatic carbocycles. The van der Waals surface area contributed by atoms with Crippen LogP contribution in [-0.2, 0) is 4.79 Å². The van der Waals surface area contributed by atoms with Crippen molar-refractivity contribution >= 4 is 28.3 Å². The molecule has 1 amide bonds. The number of ether oxygens (including phenoxy) is 1. The van der Waals surface area contributed by atoms with Crippen molar-refractivity contribution in [1.29, 1.82) is 0 Å². The van der Waals surface area contributed by atoms with E-state index in [-0.39, 0.29) is 5.91 Å². The van der Waals surface area contributed by atoms with Crippen LogP contribution in [0, 0.1) is 0 Å². The lowest BCUT2D eigenvalue weighted by Crippen LogP contribution is -2.22.